The zero-order valence-electron chi connectivity index (χ0n) is 8.87. The third kappa shape index (κ3) is 2.33. The molecule has 2 N–H and O–H groups in total. The minimum Gasteiger partial charge on any atom is -0.481 e. The first-order valence-corrected chi connectivity index (χ1v) is 5.01. The van der Waals surface area contributed by atoms with Gasteiger partial charge in [-0.3, -0.25) is 4.79 Å². The van der Waals surface area contributed by atoms with E-state index >= 15 is 0 Å². The van der Waals surface area contributed by atoms with Crippen LogP contribution in [0, 0.1) is 11.2 Å². The van der Waals surface area contributed by atoms with Crippen molar-refractivity contribution in [1.82, 2.24) is 0 Å². The monoisotopic (exact) mass is 246 g/mol. The second-order valence-electron chi connectivity index (χ2n) is 4.10. The molecule has 0 radical (unpaired) electrons. The predicted molar refractivity (Wildman–Crippen MR) is 57.8 cm³/mol. The third-order valence-electron chi connectivity index (χ3n) is 2.49. The molecular formula is C11H12ClFO3. The lowest BCUT2D eigenvalue weighted by atomic mass is 9.83. The van der Waals surface area contributed by atoms with Gasteiger partial charge < -0.3 is 10.2 Å². The van der Waals surface area contributed by atoms with E-state index in [4.69, 9.17) is 16.7 Å². The summed E-state index contributed by atoms with van der Waals surface area (Å²) in [5, 5.41) is 18.9. The number of carbonyl (C=O) groups is 1. The Hall–Kier alpha value is -1.13. The van der Waals surface area contributed by atoms with Crippen molar-refractivity contribution in [3.63, 3.8) is 0 Å². The topological polar surface area (TPSA) is 57.5 Å². The Morgan fingerprint density at radius 3 is 2.50 bits per heavy atom. The zero-order valence-corrected chi connectivity index (χ0v) is 9.62. The number of aliphatic carboxylic acids is 1. The molecule has 3 nitrogen and oxygen atoms in total. The predicted octanol–water partition coefficient (Wildman–Crippen LogP) is 2.62. The number of carboxylic acids is 1. The van der Waals surface area contributed by atoms with Crippen LogP contribution in [0.2, 0.25) is 5.02 Å². The van der Waals surface area contributed by atoms with Gasteiger partial charge in [-0.1, -0.05) is 17.7 Å². The maximum absolute atomic E-state index is 12.8. The van der Waals surface area contributed by atoms with Crippen LogP contribution in [-0.2, 0) is 4.79 Å². The van der Waals surface area contributed by atoms with E-state index in [1.807, 2.05) is 0 Å². The average molecular weight is 247 g/mol. The van der Waals surface area contributed by atoms with Gasteiger partial charge >= 0.3 is 5.97 Å². The normalized spacial score (nSPS) is 13.6. The standard InChI is InChI=1S/C11H12ClFO3/c1-11(2,10(15)16)9(14)7-4-3-6(13)5-8(7)12/h3-5,9,14H,1-2H3,(H,15,16). The highest BCUT2D eigenvalue weighted by molar-refractivity contribution is 6.31. The van der Waals surface area contributed by atoms with E-state index in [0.29, 0.717) is 0 Å². The molecule has 0 bridgehead atoms. The van der Waals surface area contributed by atoms with Gasteiger partial charge in [-0.15, -0.1) is 0 Å². The van der Waals surface area contributed by atoms with Crippen LogP contribution in [0.1, 0.15) is 25.5 Å². The molecular weight excluding hydrogens is 235 g/mol. The van der Waals surface area contributed by atoms with Crippen molar-refractivity contribution in [2.24, 2.45) is 5.41 Å². The van der Waals surface area contributed by atoms with Gasteiger partial charge in [0.15, 0.2) is 0 Å². The first-order valence-electron chi connectivity index (χ1n) is 4.63. The molecule has 1 unspecified atom stereocenters. The van der Waals surface area contributed by atoms with Crippen molar-refractivity contribution >= 4 is 17.6 Å². The Morgan fingerprint density at radius 2 is 2.06 bits per heavy atom. The van der Waals surface area contributed by atoms with E-state index in [1.165, 1.54) is 19.9 Å². The Morgan fingerprint density at radius 1 is 1.50 bits per heavy atom. The highest BCUT2D eigenvalue weighted by Crippen LogP contribution is 2.36. The highest BCUT2D eigenvalue weighted by Gasteiger charge is 2.37. The van der Waals surface area contributed by atoms with Crippen LogP contribution < -0.4 is 0 Å². The summed E-state index contributed by atoms with van der Waals surface area (Å²) in [4.78, 5) is 10.9. The first kappa shape index (κ1) is 12.9. The molecule has 0 heterocycles. The molecule has 0 aliphatic heterocycles. The number of rotatable bonds is 3. The van der Waals surface area contributed by atoms with E-state index in [-0.39, 0.29) is 10.6 Å². The molecule has 5 heteroatoms. The van der Waals surface area contributed by atoms with Crippen LogP contribution in [0.15, 0.2) is 18.2 Å². The molecule has 0 saturated heterocycles. The van der Waals surface area contributed by atoms with Crippen molar-refractivity contribution in [1.29, 1.82) is 0 Å². The van der Waals surface area contributed by atoms with Gasteiger partial charge in [-0.25, -0.2) is 4.39 Å². The van der Waals surface area contributed by atoms with Gasteiger partial charge in [0, 0.05) is 10.6 Å². The Balaban J connectivity index is 3.14. The van der Waals surface area contributed by atoms with Crippen LogP contribution in [0.4, 0.5) is 4.39 Å². The lowest BCUT2D eigenvalue weighted by molar-refractivity contribution is -0.153. The molecule has 88 valence electrons. The molecule has 0 fully saturated rings. The van der Waals surface area contributed by atoms with E-state index in [9.17, 15) is 14.3 Å². The summed E-state index contributed by atoms with van der Waals surface area (Å²) in [7, 11) is 0. The van der Waals surface area contributed by atoms with Gasteiger partial charge in [-0.05, 0) is 26.0 Å². The van der Waals surface area contributed by atoms with E-state index in [2.05, 4.69) is 0 Å². The summed E-state index contributed by atoms with van der Waals surface area (Å²) in [6, 6.07) is 3.45. The first-order chi connectivity index (χ1) is 7.26. The van der Waals surface area contributed by atoms with E-state index in [1.54, 1.807) is 0 Å². The SMILES string of the molecule is CC(C)(C(=O)O)C(O)c1ccc(F)cc1Cl. The minimum atomic E-state index is -1.39. The lowest BCUT2D eigenvalue weighted by Crippen LogP contribution is -2.31. The number of halogens is 2. The number of hydrogen-bond acceptors (Lipinski definition) is 2. The van der Waals surface area contributed by atoms with Gasteiger partial charge in [0.25, 0.3) is 0 Å². The number of carboxylic acid groups (broad SMARTS) is 1. The molecule has 0 aromatic heterocycles. The third-order valence-corrected chi connectivity index (χ3v) is 2.82. The fraction of sp³-hybridized carbons (Fsp3) is 0.364. The van der Waals surface area contributed by atoms with Crippen molar-refractivity contribution in [3.05, 3.63) is 34.6 Å². The number of aliphatic hydroxyl groups excluding tert-OH is 1. The fourth-order valence-electron chi connectivity index (χ4n) is 1.23. The molecule has 1 aromatic carbocycles. The largest absolute Gasteiger partial charge is 0.481 e. The second kappa shape index (κ2) is 4.39. The number of hydrogen-bond donors (Lipinski definition) is 2. The molecule has 1 rings (SSSR count). The quantitative estimate of drug-likeness (QED) is 0.862. The second-order valence-corrected chi connectivity index (χ2v) is 4.50. The molecule has 0 spiro atoms. The van der Waals surface area contributed by atoms with Gasteiger partial charge in [-0.2, -0.15) is 0 Å². The van der Waals surface area contributed by atoms with E-state index < -0.39 is 23.3 Å². The Kier molecular flexibility index (Phi) is 3.55. The zero-order chi connectivity index (χ0) is 12.5. The Labute approximate surface area is 97.5 Å². The number of benzene rings is 1. The molecule has 0 aliphatic rings. The molecule has 16 heavy (non-hydrogen) atoms. The summed E-state index contributed by atoms with van der Waals surface area (Å²) >= 11 is 5.74. The van der Waals surface area contributed by atoms with Crippen LogP contribution in [0.25, 0.3) is 0 Å². The van der Waals surface area contributed by atoms with Crippen LogP contribution in [0.3, 0.4) is 0 Å². The van der Waals surface area contributed by atoms with E-state index in [0.717, 1.165) is 12.1 Å². The van der Waals surface area contributed by atoms with Crippen LogP contribution in [0.5, 0.6) is 0 Å². The van der Waals surface area contributed by atoms with Crippen LogP contribution >= 0.6 is 11.6 Å². The fourth-order valence-corrected chi connectivity index (χ4v) is 1.50. The summed E-state index contributed by atoms with van der Waals surface area (Å²) in [6.45, 7) is 2.75. The van der Waals surface area contributed by atoms with Crippen LogP contribution in [-0.4, -0.2) is 16.2 Å². The van der Waals surface area contributed by atoms with Gasteiger partial charge in [0.05, 0.1) is 11.5 Å². The molecule has 1 aromatic rings. The van der Waals surface area contributed by atoms with Crippen molar-refractivity contribution < 1.29 is 19.4 Å². The maximum Gasteiger partial charge on any atom is 0.312 e. The Bertz CT molecular complexity index is 418. The summed E-state index contributed by atoms with van der Waals surface area (Å²) in [6.07, 6.45) is -1.29. The van der Waals surface area contributed by atoms with Gasteiger partial charge in [0.1, 0.15) is 5.82 Å². The van der Waals surface area contributed by atoms with Crippen molar-refractivity contribution in [3.8, 4) is 0 Å². The van der Waals surface area contributed by atoms with Gasteiger partial charge in [0.2, 0.25) is 0 Å². The molecule has 0 saturated carbocycles. The summed E-state index contributed by atoms with van der Waals surface area (Å²) < 4.78 is 12.8. The smallest absolute Gasteiger partial charge is 0.312 e. The molecule has 1 atom stereocenters. The van der Waals surface area contributed by atoms with Crippen molar-refractivity contribution in [2.75, 3.05) is 0 Å². The lowest BCUT2D eigenvalue weighted by Gasteiger charge is -2.26. The summed E-state index contributed by atoms with van der Waals surface area (Å²) in [5.74, 6) is -1.69. The summed E-state index contributed by atoms with van der Waals surface area (Å²) in [5.41, 5.74) is -1.18. The average Bonchev–Trinajstić information content (AvgIpc) is 2.16. The maximum atomic E-state index is 12.8. The molecule has 0 amide bonds. The minimum absolute atomic E-state index is 0.0156. The van der Waals surface area contributed by atoms with Crippen molar-refractivity contribution in [2.45, 2.75) is 20.0 Å². The highest BCUT2D eigenvalue weighted by atomic mass is 35.5. The number of aliphatic hydroxyl groups is 1. The molecule has 0 aliphatic carbocycles.